The zero-order valence-corrected chi connectivity index (χ0v) is 12.4. The molecule has 0 nitrogen and oxygen atoms in total. The summed E-state index contributed by atoms with van der Waals surface area (Å²) in [5.74, 6) is 0.953. The third-order valence-electron chi connectivity index (χ3n) is 3.78. The first-order chi connectivity index (χ1) is 7.52. The molecule has 0 aliphatic heterocycles. The van der Waals surface area contributed by atoms with E-state index in [2.05, 4.69) is 34.6 Å². The highest BCUT2D eigenvalue weighted by Gasteiger charge is 2.15. The van der Waals surface area contributed by atoms with Crippen LogP contribution >= 0.6 is 0 Å². The van der Waals surface area contributed by atoms with Crippen LogP contribution in [0.4, 0.5) is 0 Å². The van der Waals surface area contributed by atoms with Gasteiger partial charge in [-0.1, -0.05) is 79.6 Å². The Morgan fingerprint density at radius 3 is 2.00 bits per heavy atom. The van der Waals surface area contributed by atoms with Gasteiger partial charge in [-0.25, -0.2) is 0 Å². The van der Waals surface area contributed by atoms with Gasteiger partial charge in [0.25, 0.3) is 0 Å². The molecule has 0 heteroatoms. The Kier molecular flexibility index (Phi) is 9.07. The number of hydrogen-bond donors (Lipinski definition) is 0. The maximum absolute atomic E-state index is 2.43. The first kappa shape index (κ1) is 16.0. The smallest absolute Gasteiger partial charge is 0.0354 e. The van der Waals surface area contributed by atoms with Gasteiger partial charge in [0.15, 0.2) is 0 Å². The van der Waals surface area contributed by atoms with Crippen molar-refractivity contribution in [2.75, 3.05) is 0 Å². The SMILES string of the molecule is CCCC[C@@H](C)CCCCC(C)(C)CCC. The lowest BCUT2D eigenvalue weighted by Gasteiger charge is -2.24. The molecule has 0 aromatic carbocycles. The highest BCUT2D eigenvalue weighted by molar-refractivity contribution is 4.68. The summed E-state index contributed by atoms with van der Waals surface area (Å²) in [4.78, 5) is 0. The van der Waals surface area contributed by atoms with Gasteiger partial charge in [-0.3, -0.25) is 0 Å². The van der Waals surface area contributed by atoms with Crippen LogP contribution in [0.25, 0.3) is 0 Å². The number of hydrogen-bond acceptors (Lipinski definition) is 0. The normalized spacial score (nSPS) is 14.1. The molecule has 0 saturated heterocycles. The lowest BCUT2D eigenvalue weighted by molar-refractivity contribution is 0.287. The average molecular weight is 226 g/mol. The van der Waals surface area contributed by atoms with E-state index in [9.17, 15) is 0 Å². The van der Waals surface area contributed by atoms with Crippen LogP contribution < -0.4 is 0 Å². The van der Waals surface area contributed by atoms with E-state index >= 15 is 0 Å². The summed E-state index contributed by atoms with van der Waals surface area (Å²) in [6.45, 7) is 11.9. The molecule has 0 aliphatic carbocycles. The van der Waals surface area contributed by atoms with Gasteiger partial charge in [0, 0.05) is 0 Å². The van der Waals surface area contributed by atoms with E-state index in [1.807, 2.05) is 0 Å². The van der Waals surface area contributed by atoms with E-state index in [4.69, 9.17) is 0 Å². The molecule has 1 atom stereocenters. The second-order valence-corrected chi connectivity index (χ2v) is 6.41. The van der Waals surface area contributed by atoms with Gasteiger partial charge in [-0.05, 0) is 24.2 Å². The van der Waals surface area contributed by atoms with Crippen molar-refractivity contribution in [3.8, 4) is 0 Å². The highest BCUT2D eigenvalue weighted by atomic mass is 14.2. The van der Waals surface area contributed by atoms with Crippen LogP contribution in [0, 0.1) is 11.3 Å². The fourth-order valence-corrected chi connectivity index (χ4v) is 2.60. The maximum Gasteiger partial charge on any atom is -0.0354 e. The van der Waals surface area contributed by atoms with Crippen LogP contribution in [0.2, 0.25) is 0 Å². The van der Waals surface area contributed by atoms with Gasteiger partial charge in [-0.15, -0.1) is 0 Å². The van der Waals surface area contributed by atoms with Gasteiger partial charge in [0.05, 0.1) is 0 Å². The standard InChI is InChI=1S/C16H34/c1-6-8-11-15(3)12-9-10-14-16(4,5)13-7-2/h15H,6-14H2,1-5H3/t15-/m1/s1. The molecule has 16 heavy (non-hydrogen) atoms. The Morgan fingerprint density at radius 2 is 1.44 bits per heavy atom. The predicted molar refractivity (Wildman–Crippen MR) is 75.8 cm³/mol. The Hall–Kier alpha value is 0. The van der Waals surface area contributed by atoms with Crippen LogP contribution in [0.3, 0.4) is 0 Å². The van der Waals surface area contributed by atoms with Crippen molar-refractivity contribution in [1.82, 2.24) is 0 Å². The zero-order chi connectivity index (χ0) is 12.4. The van der Waals surface area contributed by atoms with Gasteiger partial charge in [0.2, 0.25) is 0 Å². The largest absolute Gasteiger partial charge is 0.0654 e. The molecule has 0 aromatic rings. The third-order valence-corrected chi connectivity index (χ3v) is 3.78. The molecule has 0 aromatic heterocycles. The van der Waals surface area contributed by atoms with E-state index in [0.717, 1.165) is 5.92 Å². The molecule has 0 spiro atoms. The van der Waals surface area contributed by atoms with E-state index in [-0.39, 0.29) is 0 Å². The second kappa shape index (κ2) is 9.07. The molecule has 0 rings (SSSR count). The Labute approximate surface area is 104 Å². The van der Waals surface area contributed by atoms with Crippen molar-refractivity contribution in [3.05, 3.63) is 0 Å². The van der Waals surface area contributed by atoms with E-state index in [1.165, 1.54) is 57.8 Å². The number of unbranched alkanes of at least 4 members (excludes halogenated alkanes) is 2. The molecular weight excluding hydrogens is 192 g/mol. The van der Waals surface area contributed by atoms with Crippen LogP contribution in [0.15, 0.2) is 0 Å². The monoisotopic (exact) mass is 226 g/mol. The highest BCUT2D eigenvalue weighted by Crippen LogP contribution is 2.29. The van der Waals surface area contributed by atoms with Gasteiger partial charge in [-0.2, -0.15) is 0 Å². The summed E-state index contributed by atoms with van der Waals surface area (Å²) in [7, 11) is 0. The average Bonchev–Trinajstić information content (AvgIpc) is 2.21. The van der Waals surface area contributed by atoms with Crippen LogP contribution in [-0.2, 0) is 0 Å². The van der Waals surface area contributed by atoms with Crippen molar-refractivity contribution in [3.63, 3.8) is 0 Å². The van der Waals surface area contributed by atoms with Gasteiger partial charge in [0.1, 0.15) is 0 Å². The molecule has 0 saturated carbocycles. The van der Waals surface area contributed by atoms with E-state index in [0.29, 0.717) is 5.41 Å². The first-order valence-electron chi connectivity index (χ1n) is 7.52. The maximum atomic E-state index is 2.43. The van der Waals surface area contributed by atoms with Crippen molar-refractivity contribution >= 4 is 0 Å². The summed E-state index contributed by atoms with van der Waals surface area (Å²) in [6, 6.07) is 0. The molecule has 0 N–H and O–H groups in total. The van der Waals surface area contributed by atoms with Crippen molar-refractivity contribution in [1.29, 1.82) is 0 Å². The van der Waals surface area contributed by atoms with Gasteiger partial charge < -0.3 is 0 Å². The van der Waals surface area contributed by atoms with Crippen molar-refractivity contribution < 1.29 is 0 Å². The molecule has 0 heterocycles. The van der Waals surface area contributed by atoms with Gasteiger partial charge >= 0.3 is 0 Å². The summed E-state index contributed by atoms with van der Waals surface area (Å²) >= 11 is 0. The Balaban J connectivity index is 3.44. The zero-order valence-electron chi connectivity index (χ0n) is 12.4. The molecule has 0 radical (unpaired) electrons. The third kappa shape index (κ3) is 9.24. The molecular formula is C16H34. The summed E-state index contributed by atoms with van der Waals surface area (Å²) in [5, 5.41) is 0. The number of rotatable bonds is 10. The summed E-state index contributed by atoms with van der Waals surface area (Å²) < 4.78 is 0. The Bertz CT molecular complexity index is 146. The fraction of sp³-hybridized carbons (Fsp3) is 1.00. The predicted octanol–water partition coefficient (Wildman–Crippen LogP) is 6.20. The van der Waals surface area contributed by atoms with E-state index in [1.54, 1.807) is 0 Å². The molecule has 0 fully saturated rings. The molecule has 0 amide bonds. The fourth-order valence-electron chi connectivity index (χ4n) is 2.60. The quantitative estimate of drug-likeness (QED) is 0.389. The van der Waals surface area contributed by atoms with E-state index < -0.39 is 0 Å². The minimum Gasteiger partial charge on any atom is -0.0654 e. The van der Waals surface area contributed by atoms with Crippen molar-refractivity contribution in [2.45, 2.75) is 92.4 Å². The van der Waals surface area contributed by atoms with Crippen LogP contribution in [0.1, 0.15) is 92.4 Å². The minimum atomic E-state index is 0.585. The second-order valence-electron chi connectivity index (χ2n) is 6.41. The van der Waals surface area contributed by atoms with Crippen molar-refractivity contribution in [2.24, 2.45) is 11.3 Å². The molecule has 0 aliphatic rings. The topological polar surface area (TPSA) is 0 Å². The van der Waals surface area contributed by atoms with Crippen LogP contribution in [0.5, 0.6) is 0 Å². The minimum absolute atomic E-state index is 0.585. The molecule has 0 unspecified atom stereocenters. The summed E-state index contributed by atoms with van der Waals surface area (Å²) in [5.41, 5.74) is 0.585. The summed E-state index contributed by atoms with van der Waals surface area (Å²) in [6.07, 6.45) is 12.7. The lowest BCUT2D eigenvalue weighted by Crippen LogP contribution is -2.10. The first-order valence-corrected chi connectivity index (χ1v) is 7.52. The Morgan fingerprint density at radius 1 is 0.812 bits per heavy atom. The lowest BCUT2D eigenvalue weighted by atomic mass is 9.82. The van der Waals surface area contributed by atoms with Crippen LogP contribution in [-0.4, -0.2) is 0 Å². The molecule has 0 bridgehead atoms. The molecule has 98 valence electrons.